The molecule has 0 aromatic heterocycles. The molecule has 2 aromatic carbocycles. The second kappa shape index (κ2) is 8.06. The second-order valence-electron chi connectivity index (χ2n) is 5.96. The lowest BCUT2D eigenvalue weighted by Gasteiger charge is -2.25. The Bertz CT molecular complexity index is 801. The lowest BCUT2D eigenvalue weighted by Crippen LogP contribution is -2.46. The Labute approximate surface area is 153 Å². The first-order chi connectivity index (χ1) is 12.8. The van der Waals surface area contributed by atoms with Crippen LogP contribution in [0, 0.1) is 0 Å². The van der Waals surface area contributed by atoms with Crippen molar-refractivity contribution in [2.75, 3.05) is 6.61 Å². The van der Waals surface area contributed by atoms with Gasteiger partial charge in [-0.1, -0.05) is 24.3 Å². The molecule has 2 aromatic rings. The molecule has 0 unspecified atom stereocenters. The normalized spacial score (nSPS) is 13.4. The van der Waals surface area contributed by atoms with Gasteiger partial charge in [0.25, 0.3) is 0 Å². The molecule has 0 atom stereocenters. The maximum Gasteiger partial charge on any atom is 0.492 e. The van der Waals surface area contributed by atoms with Gasteiger partial charge < -0.3 is 4.74 Å². The first kappa shape index (κ1) is 22.1. The minimum absolute atomic E-state index is 0.0540. The van der Waals surface area contributed by atoms with Gasteiger partial charge in [-0.3, -0.25) is 0 Å². The number of alkyl halides is 8. The molecule has 28 heavy (non-hydrogen) atoms. The van der Waals surface area contributed by atoms with E-state index in [4.69, 9.17) is 4.74 Å². The molecule has 0 aliphatic rings. The van der Waals surface area contributed by atoms with Crippen molar-refractivity contribution in [1.82, 2.24) is 5.12 Å². The number of nitrogens with zero attached hydrogens (tertiary/aromatic N) is 1. The van der Waals surface area contributed by atoms with Gasteiger partial charge in [-0.25, -0.2) is 0 Å². The van der Waals surface area contributed by atoms with Gasteiger partial charge in [-0.15, -0.1) is 4.48 Å². The van der Waals surface area contributed by atoms with Crippen molar-refractivity contribution >= 4 is 10.8 Å². The highest BCUT2D eigenvalue weighted by Crippen LogP contribution is 2.37. The van der Waals surface area contributed by atoms with E-state index in [-0.39, 0.29) is 29.7 Å². The van der Waals surface area contributed by atoms with E-state index < -0.39 is 36.5 Å². The molecule has 0 saturated carbocycles. The quantitative estimate of drug-likeness (QED) is 0.223. The number of hydrogen-bond acceptors (Lipinski definition) is 2. The average molecular weight is 419 g/mol. The summed E-state index contributed by atoms with van der Waals surface area (Å²) < 4.78 is 119. The zero-order valence-electron chi connectivity index (χ0n) is 14.0. The number of fused-ring (bicyclic) bond motifs is 1. The monoisotopic (exact) mass is 419 g/mol. The summed E-state index contributed by atoms with van der Waals surface area (Å²) in [5, 5.41) is -2.02. The zero-order valence-corrected chi connectivity index (χ0v) is 14.0. The molecule has 0 aliphatic carbocycles. The van der Waals surface area contributed by atoms with E-state index in [0.717, 1.165) is 6.07 Å². The van der Waals surface area contributed by atoms with Crippen molar-refractivity contribution in [1.29, 1.82) is 0 Å². The summed E-state index contributed by atoms with van der Waals surface area (Å²) in [6, 6.07) is 3.06. The van der Waals surface area contributed by atoms with Crippen LogP contribution in [0.2, 0.25) is 0 Å². The molecular weight excluding hydrogens is 405 g/mol. The fourth-order valence-electron chi connectivity index (χ4n) is 2.51. The molecule has 0 radical (unpaired) electrons. The molecule has 0 amide bonds. The summed E-state index contributed by atoms with van der Waals surface area (Å²) in [7, 11) is 0. The van der Waals surface area contributed by atoms with Gasteiger partial charge in [-0.2, -0.15) is 35.1 Å². The summed E-state index contributed by atoms with van der Waals surface area (Å²) in [5.41, 5.74) is -0.282. The second-order valence-corrected chi connectivity index (χ2v) is 5.96. The van der Waals surface area contributed by atoms with E-state index in [9.17, 15) is 39.6 Å². The van der Waals surface area contributed by atoms with Crippen molar-refractivity contribution in [3.05, 3.63) is 42.0 Å². The van der Waals surface area contributed by atoms with E-state index in [1.165, 1.54) is 30.3 Å². The Balaban J connectivity index is 2.20. The molecule has 11 heteroatoms. The number of benzene rings is 2. The third-order valence-corrected chi connectivity index (χ3v) is 3.73. The maximum absolute atomic E-state index is 13.7. The number of ether oxygens (including phenoxy) is 1. The lowest BCUT2D eigenvalue weighted by molar-refractivity contribution is -0.399. The van der Waals surface area contributed by atoms with Crippen LogP contribution in [0.1, 0.15) is 18.4 Å². The van der Waals surface area contributed by atoms with Crippen LogP contribution in [0.5, 0.6) is 5.75 Å². The molecule has 0 fully saturated rings. The van der Waals surface area contributed by atoms with Gasteiger partial charge in [0.1, 0.15) is 5.75 Å². The van der Waals surface area contributed by atoms with Gasteiger partial charge in [-0.05, 0) is 34.9 Å². The molecule has 0 spiro atoms. The highest BCUT2D eigenvalue weighted by atomic mass is 19.4. The summed E-state index contributed by atoms with van der Waals surface area (Å²) in [4.78, 5) is 0. The van der Waals surface area contributed by atoms with Crippen molar-refractivity contribution in [2.45, 2.75) is 37.8 Å². The Morgan fingerprint density at radius 1 is 0.893 bits per heavy atom. The van der Waals surface area contributed by atoms with Gasteiger partial charge in [0.15, 0.2) is 0 Å². The zero-order chi connectivity index (χ0) is 21.2. The molecular formula is C17H14F9NO. The Morgan fingerprint density at radius 2 is 1.57 bits per heavy atom. The van der Waals surface area contributed by atoms with Gasteiger partial charge in [0.05, 0.1) is 13.0 Å². The van der Waals surface area contributed by atoms with Gasteiger partial charge in [0.2, 0.25) is 0 Å². The van der Waals surface area contributed by atoms with Crippen molar-refractivity contribution in [3.63, 3.8) is 0 Å². The van der Waals surface area contributed by atoms with Crippen molar-refractivity contribution in [2.24, 2.45) is 0 Å². The molecule has 0 saturated heterocycles. The van der Waals surface area contributed by atoms with Crippen LogP contribution in [0.3, 0.4) is 0 Å². The topological polar surface area (TPSA) is 12.5 Å². The van der Waals surface area contributed by atoms with Crippen LogP contribution in [0.15, 0.2) is 36.4 Å². The smallest absolute Gasteiger partial charge is 0.492 e. The predicted molar refractivity (Wildman–Crippen MR) is 82.4 cm³/mol. The average Bonchev–Trinajstić information content (AvgIpc) is 2.56. The molecule has 2 nitrogen and oxygen atoms in total. The summed E-state index contributed by atoms with van der Waals surface area (Å²) >= 11 is 0. The Hall–Kier alpha value is -2.17. The molecule has 2 rings (SSSR count). The Kier molecular flexibility index (Phi) is 6.37. The first-order valence-corrected chi connectivity index (χ1v) is 7.91. The van der Waals surface area contributed by atoms with Crippen molar-refractivity contribution < 1.29 is 44.3 Å². The number of rotatable bonds is 7. The molecule has 156 valence electrons. The van der Waals surface area contributed by atoms with E-state index in [0.29, 0.717) is 5.39 Å². The van der Waals surface area contributed by atoms with Crippen LogP contribution in [0.4, 0.5) is 39.6 Å². The van der Waals surface area contributed by atoms with E-state index in [1.807, 2.05) is 0 Å². The maximum atomic E-state index is 13.7. The largest absolute Gasteiger partial charge is 0.494 e. The fraction of sp³-hybridized carbons (Fsp3) is 0.412. The van der Waals surface area contributed by atoms with Crippen LogP contribution < -0.4 is 4.74 Å². The molecule has 0 bridgehead atoms. The standard InChI is InChI=1S/C17H14F9NO/c18-15(19,20)7-2-8-28-13-6-5-11-3-1-4-12(14(11)9-13)10-16(21,22)27(26)17(23,24)25/h1,3-6,9H,2,7-8,10H2. The highest BCUT2D eigenvalue weighted by molar-refractivity contribution is 5.87. The summed E-state index contributed by atoms with van der Waals surface area (Å²) in [6.07, 6.45) is -13.2. The predicted octanol–water partition coefficient (Wildman–Crippen LogP) is 6.40. The van der Waals surface area contributed by atoms with E-state index in [2.05, 4.69) is 0 Å². The van der Waals surface area contributed by atoms with E-state index >= 15 is 0 Å². The third-order valence-electron chi connectivity index (χ3n) is 3.73. The molecule has 0 heterocycles. The Morgan fingerprint density at radius 3 is 2.18 bits per heavy atom. The summed E-state index contributed by atoms with van der Waals surface area (Å²) in [5.74, 6) is 0.0540. The summed E-state index contributed by atoms with van der Waals surface area (Å²) in [6.45, 7) is -0.296. The van der Waals surface area contributed by atoms with Crippen LogP contribution in [-0.2, 0) is 6.42 Å². The SMILES string of the molecule is FN(C(F)(F)F)C(F)(F)Cc1cccc2ccc(OCCCC(F)(F)F)cc12. The lowest BCUT2D eigenvalue weighted by atomic mass is 10.0. The minimum atomic E-state index is -5.87. The first-order valence-electron chi connectivity index (χ1n) is 7.91. The fourth-order valence-corrected chi connectivity index (χ4v) is 2.51. The molecule has 0 aliphatic heterocycles. The van der Waals surface area contributed by atoms with E-state index in [1.54, 1.807) is 0 Å². The highest BCUT2D eigenvalue weighted by Gasteiger charge is 2.54. The van der Waals surface area contributed by atoms with Crippen LogP contribution in [-0.4, -0.2) is 30.3 Å². The van der Waals surface area contributed by atoms with Crippen LogP contribution in [0.25, 0.3) is 10.8 Å². The van der Waals surface area contributed by atoms with Crippen molar-refractivity contribution in [3.8, 4) is 5.75 Å². The number of hydrogen-bond donors (Lipinski definition) is 0. The minimum Gasteiger partial charge on any atom is -0.494 e. The number of halogens is 9. The van der Waals surface area contributed by atoms with Gasteiger partial charge >= 0.3 is 18.5 Å². The third kappa shape index (κ3) is 5.91. The van der Waals surface area contributed by atoms with Gasteiger partial charge in [0, 0.05) is 11.5 Å². The molecule has 0 N–H and O–H groups in total. The van der Waals surface area contributed by atoms with Crippen LogP contribution >= 0.6 is 0 Å².